The number of nitrogens with zero attached hydrogens (tertiary/aromatic N) is 2. The van der Waals surface area contributed by atoms with Gasteiger partial charge in [-0.15, -0.1) is 0 Å². The number of thioether (sulfide) groups is 1. The lowest BCUT2D eigenvalue weighted by Crippen LogP contribution is -2.60. The average molecular weight is 505 g/mol. The van der Waals surface area contributed by atoms with Crippen LogP contribution in [-0.2, 0) is 24.3 Å². The van der Waals surface area contributed by atoms with Crippen LogP contribution in [0.4, 0.5) is 10.5 Å². The molecule has 2 aliphatic heterocycles. The molecule has 4 rings (SSSR count). The monoisotopic (exact) mass is 504 g/mol. The van der Waals surface area contributed by atoms with Gasteiger partial charge in [-0.1, -0.05) is 35.9 Å². The van der Waals surface area contributed by atoms with E-state index in [1.54, 1.807) is 36.4 Å². The van der Waals surface area contributed by atoms with Crippen molar-refractivity contribution in [2.24, 2.45) is 0 Å². The van der Waals surface area contributed by atoms with Crippen LogP contribution in [0.25, 0.3) is 0 Å². The van der Waals surface area contributed by atoms with Crippen LogP contribution in [0, 0.1) is 6.92 Å². The minimum Gasteiger partial charge on any atom is -0.467 e. The van der Waals surface area contributed by atoms with E-state index >= 15 is 0 Å². The minimum absolute atomic E-state index is 0.109. The summed E-state index contributed by atoms with van der Waals surface area (Å²) in [5, 5.41) is 0. The molecule has 34 heavy (non-hydrogen) atoms. The third-order valence-corrected chi connectivity index (χ3v) is 9.10. The lowest BCUT2D eigenvalue weighted by molar-refractivity contribution is -0.153. The molecule has 0 aromatic heterocycles. The largest absolute Gasteiger partial charge is 0.467 e. The molecule has 0 spiro atoms. The highest BCUT2D eigenvalue weighted by Gasteiger charge is 2.65. The fraction of sp³-hybridized carbons (Fsp3) is 0.417. The van der Waals surface area contributed by atoms with Crippen molar-refractivity contribution >= 4 is 39.5 Å². The van der Waals surface area contributed by atoms with Crippen LogP contribution in [0.1, 0.15) is 29.9 Å². The van der Waals surface area contributed by atoms with Crippen molar-refractivity contribution in [3.8, 4) is 0 Å². The van der Waals surface area contributed by atoms with Gasteiger partial charge in [0.25, 0.3) is 10.0 Å². The molecule has 0 saturated carbocycles. The number of carbonyl (C=O) groups excluding carboxylic acids is 2. The van der Waals surface area contributed by atoms with Crippen molar-refractivity contribution < 1.29 is 27.5 Å². The Morgan fingerprint density at radius 3 is 2.38 bits per heavy atom. The fourth-order valence-corrected chi connectivity index (χ4v) is 7.33. The van der Waals surface area contributed by atoms with E-state index in [4.69, 9.17) is 9.47 Å². The molecule has 0 radical (unpaired) electrons. The van der Waals surface area contributed by atoms with Gasteiger partial charge in [-0.25, -0.2) is 22.3 Å². The van der Waals surface area contributed by atoms with E-state index in [-0.39, 0.29) is 11.3 Å². The first kappa shape index (κ1) is 24.4. The Hall–Kier alpha value is -2.72. The zero-order chi connectivity index (χ0) is 24.7. The number of hydrogen-bond donors (Lipinski definition) is 0. The zero-order valence-electron chi connectivity index (χ0n) is 19.6. The number of para-hydroxylation sites is 1. The Morgan fingerprint density at radius 1 is 1.09 bits per heavy atom. The Labute approximate surface area is 204 Å². The summed E-state index contributed by atoms with van der Waals surface area (Å²) in [5.74, 6) is -0.419. The van der Waals surface area contributed by atoms with E-state index in [1.165, 1.54) is 35.2 Å². The molecule has 0 aliphatic carbocycles. The standard InChI is InChI=1S/C24H28N2O6S2/c1-16-9-11-17(12-10-16)34(29,30)26-20-8-6-5-7-18(20)19-15-24(13-14-33-4,22(27)31-2)25(21(19)26)23(28)32-3/h5-12,19,21H,13-15H2,1-4H3/t19-,21+,24-/m1/s1. The molecule has 182 valence electrons. The average Bonchev–Trinajstić information content (AvgIpc) is 3.34. The van der Waals surface area contributed by atoms with Crippen molar-refractivity contribution in [2.75, 3.05) is 30.5 Å². The molecule has 0 N–H and O–H groups in total. The number of aryl methyl sites for hydroxylation is 1. The number of sulfonamides is 1. The fourth-order valence-electron chi connectivity index (χ4n) is 5.13. The van der Waals surface area contributed by atoms with Crippen molar-refractivity contribution in [1.82, 2.24) is 4.90 Å². The second-order valence-corrected chi connectivity index (χ2v) is 11.3. The highest BCUT2D eigenvalue weighted by molar-refractivity contribution is 7.98. The summed E-state index contributed by atoms with van der Waals surface area (Å²) in [6.45, 7) is 1.88. The predicted octanol–water partition coefficient (Wildman–Crippen LogP) is 3.75. The van der Waals surface area contributed by atoms with Crippen molar-refractivity contribution in [3.63, 3.8) is 0 Å². The van der Waals surface area contributed by atoms with Gasteiger partial charge in [-0.2, -0.15) is 11.8 Å². The number of hydrogen-bond acceptors (Lipinski definition) is 7. The second-order valence-electron chi connectivity index (χ2n) is 8.50. The SMILES string of the molecule is COC(=O)N1[C@@H]2[C@H](C[C@]1(CCSC)C(=O)OC)c1ccccc1N2S(=O)(=O)c1ccc(C)cc1. The molecule has 2 aliphatic rings. The third kappa shape index (κ3) is 3.63. The van der Waals surface area contributed by atoms with E-state index in [0.717, 1.165) is 11.1 Å². The van der Waals surface area contributed by atoms with Gasteiger partial charge in [0, 0.05) is 5.92 Å². The molecule has 2 aromatic carbocycles. The van der Waals surface area contributed by atoms with Crippen molar-refractivity contribution in [1.29, 1.82) is 0 Å². The molecule has 2 heterocycles. The van der Waals surface area contributed by atoms with Gasteiger partial charge in [-0.05, 0) is 55.5 Å². The van der Waals surface area contributed by atoms with E-state index < -0.39 is 39.7 Å². The number of esters is 1. The molecule has 1 amide bonds. The molecular weight excluding hydrogens is 476 g/mol. The third-order valence-electron chi connectivity index (χ3n) is 6.69. The highest BCUT2D eigenvalue weighted by Crippen LogP contribution is 2.56. The molecule has 1 saturated heterocycles. The molecule has 0 unspecified atom stereocenters. The first-order valence-electron chi connectivity index (χ1n) is 10.9. The summed E-state index contributed by atoms with van der Waals surface area (Å²) in [6.07, 6.45) is 0.723. The summed E-state index contributed by atoms with van der Waals surface area (Å²) in [6, 6.07) is 13.8. The number of likely N-dealkylation sites (tertiary alicyclic amines) is 1. The first-order chi connectivity index (χ1) is 16.2. The number of carbonyl (C=O) groups is 2. The van der Waals surface area contributed by atoms with E-state index in [0.29, 0.717) is 17.9 Å². The number of fused-ring (bicyclic) bond motifs is 3. The number of methoxy groups -OCH3 is 2. The number of benzene rings is 2. The normalized spacial score (nSPS) is 23.4. The van der Waals surface area contributed by atoms with Crippen molar-refractivity contribution in [3.05, 3.63) is 59.7 Å². The lowest BCUT2D eigenvalue weighted by atomic mass is 9.86. The highest BCUT2D eigenvalue weighted by atomic mass is 32.2. The number of amides is 1. The van der Waals surface area contributed by atoms with Crippen LogP contribution < -0.4 is 4.31 Å². The Balaban J connectivity index is 1.94. The second kappa shape index (κ2) is 9.14. The molecule has 0 bridgehead atoms. The minimum atomic E-state index is -4.07. The molecule has 10 heteroatoms. The maximum atomic E-state index is 14.0. The van der Waals surface area contributed by atoms with E-state index in [2.05, 4.69) is 0 Å². The summed E-state index contributed by atoms with van der Waals surface area (Å²) < 4.78 is 39.5. The first-order valence-corrected chi connectivity index (χ1v) is 13.7. The molecule has 3 atom stereocenters. The quantitative estimate of drug-likeness (QED) is 0.553. The van der Waals surface area contributed by atoms with Crippen LogP contribution in [-0.4, -0.2) is 63.3 Å². The van der Waals surface area contributed by atoms with Gasteiger partial charge in [0.2, 0.25) is 0 Å². The van der Waals surface area contributed by atoms with Gasteiger partial charge in [0.1, 0.15) is 11.7 Å². The lowest BCUT2D eigenvalue weighted by Gasteiger charge is -2.40. The van der Waals surface area contributed by atoms with Crippen LogP contribution in [0.2, 0.25) is 0 Å². The van der Waals surface area contributed by atoms with Crippen LogP contribution in [0.3, 0.4) is 0 Å². The Kier molecular flexibility index (Phi) is 6.56. The Morgan fingerprint density at radius 2 is 1.76 bits per heavy atom. The van der Waals surface area contributed by atoms with E-state index in [9.17, 15) is 18.0 Å². The molecule has 1 fully saturated rings. The summed E-state index contributed by atoms with van der Waals surface area (Å²) >= 11 is 1.54. The summed E-state index contributed by atoms with van der Waals surface area (Å²) in [5.41, 5.74) is 0.842. The number of anilines is 1. The molecular formula is C24H28N2O6S2. The summed E-state index contributed by atoms with van der Waals surface area (Å²) in [4.78, 5) is 27.9. The maximum Gasteiger partial charge on any atom is 0.412 e. The van der Waals surface area contributed by atoms with Crippen LogP contribution in [0.15, 0.2) is 53.4 Å². The summed E-state index contributed by atoms with van der Waals surface area (Å²) in [7, 11) is -1.57. The van der Waals surface area contributed by atoms with E-state index in [1.807, 2.05) is 25.3 Å². The smallest absolute Gasteiger partial charge is 0.412 e. The number of ether oxygens (including phenoxy) is 2. The van der Waals surface area contributed by atoms with Crippen LogP contribution >= 0.6 is 11.8 Å². The van der Waals surface area contributed by atoms with Gasteiger partial charge < -0.3 is 9.47 Å². The Bertz CT molecular complexity index is 1200. The van der Waals surface area contributed by atoms with Gasteiger partial charge >= 0.3 is 12.1 Å². The van der Waals surface area contributed by atoms with Gasteiger partial charge in [-0.3, -0.25) is 4.90 Å². The van der Waals surface area contributed by atoms with Crippen molar-refractivity contribution in [2.45, 2.75) is 42.3 Å². The molecule has 2 aromatic rings. The van der Waals surface area contributed by atoms with Crippen LogP contribution in [0.5, 0.6) is 0 Å². The number of rotatable bonds is 6. The molecule has 8 nitrogen and oxygen atoms in total. The van der Waals surface area contributed by atoms with Gasteiger partial charge in [0.15, 0.2) is 0 Å². The predicted molar refractivity (Wildman–Crippen MR) is 130 cm³/mol. The van der Waals surface area contributed by atoms with Gasteiger partial charge in [0.05, 0.1) is 24.8 Å². The maximum absolute atomic E-state index is 14.0. The zero-order valence-corrected chi connectivity index (χ0v) is 21.2. The topological polar surface area (TPSA) is 93.2 Å².